The lowest BCUT2D eigenvalue weighted by molar-refractivity contribution is -0.153. The minimum absolute atomic E-state index is 0.0578. The summed E-state index contributed by atoms with van der Waals surface area (Å²) in [5, 5.41) is 9.57. The minimum Gasteiger partial charge on any atom is -0.467 e. The molecule has 0 heterocycles. The van der Waals surface area contributed by atoms with Crippen LogP contribution in [-0.4, -0.2) is 24.3 Å². The van der Waals surface area contributed by atoms with E-state index in [2.05, 4.69) is 4.74 Å². The molecule has 0 aliphatic heterocycles. The number of hydrogen-bond acceptors (Lipinski definition) is 3. The highest BCUT2D eigenvalue weighted by Gasteiger charge is 2.25. The highest BCUT2D eigenvalue weighted by Crippen LogP contribution is 2.18. The minimum atomic E-state index is -0.940. The molecule has 0 saturated carbocycles. The topological polar surface area (TPSA) is 46.5 Å². The molecule has 0 amide bonds. The maximum absolute atomic E-state index is 11.0. The van der Waals surface area contributed by atoms with Crippen molar-refractivity contribution in [2.45, 2.75) is 45.6 Å². The number of carbonyl (C=O) groups is 1. The van der Waals surface area contributed by atoms with E-state index in [1.54, 1.807) is 0 Å². The molecular weight excluding hydrogens is 168 g/mol. The summed E-state index contributed by atoms with van der Waals surface area (Å²) in [6.45, 7) is 4.10. The zero-order valence-electron chi connectivity index (χ0n) is 8.75. The molecule has 0 aromatic carbocycles. The van der Waals surface area contributed by atoms with Crippen LogP contribution in [0.1, 0.15) is 39.5 Å². The van der Waals surface area contributed by atoms with Crippen molar-refractivity contribution < 1.29 is 14.6 Å². The van der Waals surface area contributed by atoms with Crippen LogP contribution < -0.4 is 0 Å². The first-order valence-corrected chi connectivity index (χ1v) is 4.93. The van der Waals surface area contributed by atoms with Crippen molar-refractivity contribution >= 4 is 5.97 Å². The number of aliphatic hydroxyl groups excluding tert-OH is 1. The van der Waals surface area contributed by atoms with Gasteiger partial charge in [-0.15, -0.1) is 0 Å². The predicted octanol–water partition coefficient (Wildman–Crippen LogP) is 1.74. The summed E-state index contributed by atoms with van der Waals surface area (Å²) in [6.07, 6.45) is 2.79. The maximum Gasteiger partial charge on any atom is 0.334 e. The largest absolute Gasteiger partial charge is 0.467 e. The van der Waals surface area contributed by atoms with Crippen LogP contribution in [0, 0.1) is 5.92 Å². The number of esters is 1. The highest BCUT2D eigenvalue weighted by atomic mass is 16.5. The standard InChI is InChI=1S/C10H20O3/c1-4-6-8(7-5-2)9(11)10(12)13-3/h8-9,11H,4-7H2,1-3H3. The molecule has 0 radical (unpaired) electrons. The Bertz CT molecular complexity index is 139. The van der Waals surface area contributed by atoms with E-state index in [0.29, 0.717) is 0 Å². The van der Waals surface area contributed by atoms with Crippen molar-refractivity contribution in [1.29, 1.82) is 0 Å². The van der Waals surface area contributed by atoms with Crippen molar-refractivity contribution in [3.8, 4) is 0 Å². The predicted molar refractivity (Wildman–Crippen MR) is 51.3 cm³/mol. The number of hydrogen-bond donors (Lipinski definition) is 1. The van der Waals surface area contributed by atoms with Gasteiger partial charge in [-0.1, -0.05) is 26.7 Å². The van der Waals surface area contributed by atoms with Gasteiger partial charge in [-0.2, -0.15) is 0 Å². The van der Waals surface area contributed by atoms with E-state index < -0.39 is 12.1 Å². The van der Waals surface area contributed by atoms with Gasteiger partial charge in [0.05, 0.1) is 7.11 Å². The van der Waals surface area contributed by atoms with Gasteiger partial charge in [0, 0.05) is 0 Å². The molecule has 78 valence electrons. The molecule has 0 aromatic rings. The van der Waals surface area contributed by atoms with E-state index in [1.807, 2.05) is 13.8 Å². The van der Waals surface area contributed by atoms with Gasteiger partial charge >= 0.3 is 5.97 Å². The summed E-state index contributed by atoms with van der Waals surface area (Å²) in [5.41, 5.74) is 0. The molecule has 13 heavy (non-hydrogen) atoms. The SMILES string of the molecule is CCCC(CCC)C(O)C(=O)OC. The van der Waals surface area contributed by atoms with Crippen LogP contribution in [0.2, 0.25) is 0 Å². The smallest absolute Gasteiger partial charge is 0.334 e. The fraction of sp³-hybridized carbons (Fsp3) is 0.900. The van der Waals surface area contributed by atoms with Gasteiger partial charge in [-0.25, -0.2) is 4.79 Å². The van der Waals surface area contributed by atoms with Gasteiger partial charge in [0.25, 0.3) is 0 Å². The molecule has 1 atom stereocenters. The van der Waals surface area contributed by atoms with Gasteiger partial charge in [-0.05, 0) is 18.8 Å². The molecule has 1 unspecified atom stereocenters. The summed E-state index contributed by atoms with van der Waals surface area (Å²) in [4.78, 5) is 11.0. The quantitative estimate of drug-likeness (QED) is 0.646. The molecule has 0 aliphatic carbocycles. The molecule has 0 aromatic heterocycles. The summed E-state index contributed by atoms with van der Waals surface area (Å²) in [6, 6.07) is 0. The molecule has 1 N–H and O–H groups in total. The highest BCUT2D eigenvalue weighted by molar-refractivity contribution is 5.74. The van der Waals surface area contributed by atoms with Gasteiger partial charge in [0.1, 0.15) is 0 Å². The normalized spacial score (nSPS) is 13.0. The van der Waals surface area contributed by atoms with Gasteiger partial charge < -0.3 is 9.84 Å². The molecule has 3 heteroatoms. The summed E-state index contributed by atoms with van der Waals surface area (Å²) < 4.78 is 4.50. The van der Waals surface area contributed by atoms with Crippen molar-refractivity contribution in [2.24, 2.45) is 5.92 Å². The number of rotatable bonds is 6. The Morgan fingerprint density at radius 1 is 1.31 bits per heavy atom. The Morgan fingerprint density at radius 2 is 1.77 bits per heavy atom. The Balaban J connectivity index is 4.08. The summed E-state index contributed by atoms with van der Waals surface area (Å²) >= 11 is 0. The fourth-order valence-electron chi connectivity index (χ4n) is 1.51. The third kappa shape index (κ3) is 4.27. The molecular formula is C10H20O3. The van der Waals surface area contributed by atoms with E-state index in [-0.39, 0.29) is 5.92 Å². The van der Waals surface area contributed by atoms with Crippen LogP contribution in [0.25, 0.3) is 0 Å². The van der Waals surface area contributed by atoms with Crippen LogP contribution in [-0.2, 0) is 9.53 Å². The molecule has 0 rings (SSSR count). The van der Waals surface area contributed by atoms with E-state index in [4.69, 9.17) is 0 Å². The second-order valence-corrected chi connectivity index (χ2v) is 3.31. The van der Waals surface area contributed by atoms with E-state index in [1.165, 1.54) is 7.11 Å². The molecule has 3 nitrogen and oxygen atoms in total. The molecule has 0 aliphatic rings. The Labute approximate surface area is 80.1 Å². The van der Waals surface area contributed by atoms with Gasteiger partial charge in [-0.3, -0.25) is 0 Å². The number of carbonyl (C=O) groups excluding carboxylic acids is 1. The van der Waals surface area contributed by atoms with Crippen molar-refractivity contribution in [2.75, 3.05) is 7.11 Å². The Hall–Kier alpha value is -0.570. The second kappa shape index (κ2) is 6.89. The van der Waals surface area contributed by atoms with Crippen LogP contribution in [0.5, 0.6) is 0 Å². The Kier molecular flexibility index (Phi) is 6.59. The second-order valence-electron chi connectivity index (χ2n) is 3.31. The van der Waals surface area contributed by atoms with E-state index >= 15 is 0 Å². The third-order valence-corrected chi connectivity index (χ3v) is 2.21. The Morgan fingerprint density at radius 3 is 2.08 bits per heavy atom. The van der Waals surface area contributed by atoms with Crippen molar-refractivity contribution in [3.63, 3.8) is 0 Å². The number of methoxy groups -OCH3 is 1. The average Bonchev–Trinajstić information content (AvgIpc) is 2.15. The lowest BCUT2D eigenvalue weighted by Gasteiger charge is -2.19. The van der Waals surface area contributed by atoms with Crippen LogP contribution in [0.4, 0.5) is 0 Å². The van der Waals surface area contributed by atoms with E-state index in [9.17, 15) is 9.90 Å². The summed E-state index contributed by atoms with van der Waals surface area (Å²) in [5.74, 6) is -0.450. The zero-order valence-corrected chi connectivity index (χ0v) is 8.75. The fourth-order valence-corrected chi connectivity index (χ4v) is 1.51. The zero-order chi connectivity index (χ0) is 10.3. The van der Waals surface area contributed by atoms with Gasteiger partial charge in [0.15, 0.2) is 6.10 Å². The van der Waals surface area contributed by atoms with Crippen LogP contribution in [0.15, 0.2) is 0 Å². The first kappa shape index (κ1) is 12.4. The van der Waals surface area contributed by atoms with Crippen molar-refractivity contribution in [1.82, 2.24) is 0 Å². The monoisotopic (exact) mass is 188 g/mol. The number of aliphatic hydroxyl groups is 1. The van der Waals surface area contributed by atoms with Gasteiger partial charge in [0.2, 0.25) is 0 Å². The molecule has 0 saturated heterocycles. The summed E-state index contributed by atoms with van der Waals surface area (Å²) in [7, 11) is 1.31. The third-order valence-electron chi connectivity index (χ3n) is 2.21. The van der Waals surface area contributed by atoms with Crippen LogP contribution >= 0.6 is 0 Å². The first-order valence-electron chi connectivity index (χ1n) is 4.93. The molecule has 0 spiro atoms. The average molecular weight is 188 g/mol. The van der Waals surface area contributed by atoms with Crippen LogP contribution in [0.3, 0.4) is 0 Å². The lowest BCUT2D eigenvalue weighted by Crippen LogP contribution is -2.30. The van der Waals surface area contributed by atoms with E-state index in [0.717, 1.165) is 25.7 Å². The first-order chi connectivity index (χ1) is 6.17. The van der Waals surface area contributed by atoms with Crippen molar-refractivity contribution in [3.05, 3.63) is 0 Å². The lowest BCUT2D eigenvalue weighted by atomic mass is 9.92. The maximum atomic E-state index is 11.0. The molecule has 0 fully saturated rings. The molecule has 0 bridgehead atoms. The number of ether oxygens (including phenoxy) is 1.